The van der Waals surface area contributed by atoms with E-state index in [1.54, 1.807) is 18.2 Å². The van der Waals surface area contributed by atoms with Crippen molar-refractivity contribution < 1.29 is 13.2 Å². The standard InChI is InChI=1S/C12H13F3/c1-2-3-9-11(12(13,14)15)10-7-5-4-6-8-10/h2,4-8,11H,1,3,9H2. The first-order valence-electron chi connectivity index (χ1n) is 4.78. The summed E-state index contributed by atoms with van der Waals surface area (Å²) in [7, 11) is 0. The molecule has 0 nitrogen and oxygen atoms in total. The molecule has 1 aromatic carbocycles. The summed E-state index contributed by atoms with van der Waals surface area (Å²) in [5.41, 5.74) is 0.326. The molecular formula is C12H13F3. The average molecular weight is 214 g/mol. The summed E-state index contributed by atoms with van der Waals surface area (Å²) >= 11 is 0. The van der Waals surface area contributed by atoms with Crippen LogP contribution in [0.4, 0.5) is 13.2 Å². The molecular weight excluding hydrogens is 201 g/mol. The largest absolute Gasteiger partial charge is 0.395 e. The lowest BCUT2D eigenvalue weighted by Crippen LogP contribution is -2.20. The molecule has 0 bridgehead atoms. The molecule has 1 unspecified atom stereocenters. The van der Waals surface area contributed by atoms with E-state index in [-0.39, 0.29) is 6.42 Å². The van der Waals surface area contributed by atoms with Crippen LogP contribution in [0.25, 0.3) is 0 Å². The molecule has 0 aromatic heterocycles. The van der Waals surface area contributed by atoms with Crippen LogP contribution >= 0.6 is 0 Å². The fourth-order valence-electron chi connectivity index (χ4n) is 1.49. The normalized spacial score (nSPS) is 13.5. The Morgan fingerprint density at radius 1 is 1.20 bits per heavy atom. The Balaban J connectivity index is 2.86. The molecule has 0 N–H and O–H groups in total. The Morgan fingerprint density at radius 3 is 2.27 bits per heavy atom. The molecule has 1 aromatic rings. The van der Waals surface area contributed by atoms with E-state index in [1.807, 2.05) is 0 Å². The number of hydrogen-bond donors (Lipinski definition) is 0. The van der Waals surface area contributed by atoms with Gasteiger partial charge < -0.3 is 0 Å². The SMILES string of the molecule is C=CCCC(c1ccccc1)C(F)(F)F. The van der Waals surface area contributed by atoms with Gasteiger partial charge in [-0.15, -0.1) is 6.58 Å². The molecule has 0 saturated carbocycles. The number of benzene rings is 1. The van der Waals surface area contributed by atoms with Gasteiger partial charge in [-0.25, -0.2) is 0 Å². The van der Waals surface area contributed by atoms with Crippen molar-refractivity contribution in [2.75, 3.05) is 0 Å². The summed E-state index contributed by atoms with van der Waals surface area (Å²) in [5.74, 6) is -1.38. The minimum absolute atomic E-state index is 0.0665. The summed E-state index contributed by atoms with van der Waals surface area (Å²) in [4.78, 5) is 0. The molecule has 0 saturated heterocycles. The highest BCUT2D eigenvalue weighted by molar-refractivity contribution is 5.21. The highest BCUT2D eigenvalue weighted by atomic mass is 19.4. The fourth-order valence-corrected chi connectivity index (χ4v) is 1.49. The summed E-state index contributed by atoms with van der Waals surface area (Å²) in [6, 6.07) is 8.00. The van der Waals surface area contributed by atoms with Crippen LogP contribution in [0.15, 0.2) is 43.0 Å². The van der Waals surface area contributed by atoms with Gasteiger partial charge in [-0.05, 0) is 18.4 Å². The first kappa shape index (κ1) is 11.8. The van der Waals surface area contributed by atoms with Gasteiger partial charge in [0.15, 0.2) is 0 Å². The van der Waals surface area contributed by atoms with Gasteiger partial charge in [0.25, 0.3) is 0 Å². The Hall–Kier alpha value is -1.25. The predicted molar refractivity (Wildman–Crippen MR) is 54.7 cm³/mol. The van der Waals surface area contributed by atoms with E-state index in [1.165, 1.54) is 18.2 Å². The Bertz CT molecular complexity index is 300. The second kappa shape index (κ2) is 5.01. The van der Waals surface area contributed by atoms with Crippen LogP contribution in [0.3, 0.4) is 0 Å². The summed E-state index contributed by atoms with van der Waals surface area (Å²) in [5, 5.41) is 0. The minimum Gasteiger partial charge on any atom is -0.170 e. The lowest BCUT2D eigenvalue weighted by Gasteiger charge is -2.19. The van der Waals surface area contributed by atoms with Crippen molar-refractivity contribution in [1.29, 1.82) is 0 Å². The van der Waals surface area contributed by atoms with Crippen LogP contribution in [-0.2, 0) is 0 Å². The van der Waals surface area contributed by atoms with Gasteiger partial charge in [0.1, 0.15) is 0 Å². The van der Waals surface area contributed by atoms with Gasteiger partial charge in [-0.2, -0.15) is 13.2 Å². The molecule has 0 fully saturated rings. The highest BCUT2D eigenvalue weighted by Gasteiger charge is 2.39. The number of alkyl halides is 3. The Labute approximate surface area is 87.4 Å². The van der Waals surface area contributed by atoms with E-state index in [9.17, 15) is 13.2 Å². The maximum absolute atomic E-state index is 12.7. The van der Waals surface area contributed by atoms with E-state index < -0.39 is 12.1 Å². The molecule has 82 valence electrons. The molecule has 0 spiro atoms. The summed E-state index contributed by atoms with van der Waals surface area (Å²) in [6.07, 6.45) is -2.22. The Morgan fingerprint density at radius 2 is 1.80 bits per heavy atom. The van der Waals surface area contributed by atoms with Crippen LogP contribution < -0.4 is 0 Å². The van der Waals surface area contributed by atoms with Crippen molar-refractivity contribution in [2.45, 2.75) is 24.9 Å². The number of hydrogen-bond acceptors (Lipinski definition) is 0. The molecule has 0 aliphatic heterocycles. The Kier molecular flexibility index (Phi) is 3.95. The molecule has 0 aliphatic rings. The van der Waals surface area contributed by atoms with Crippen molar-refractivity contribution in [2.24, 2.45) is 0 Å². The van der Waals surface area contributed by atoms with Gasteiger partial charge in [-0.3, -0.25) is 0 Å². The topological polar surface area (TPSA) is 0 Å². The maximum Gasteiger partial charge on any atom is 0.395 e. The molecule has 15 heavy (non-hydrogen) atoms. The molecule has 0 amide bonds. The second-order valence-corrected chi connectivity index (χ2v) is 3.37. The first-order chi connectivity index (χ1) is 7.05. The van der Waals surface area contributed by atoms with Crippen LogP contribution in [0, 0.1) is 0 Å². The van der Waals surface area contributed by atoms with E-state index in [0.29, 0.717) is 12.0 Å². The van der Waals surface area contributed by atoms with E-state index >= 15 is 0 Å². The van der Waals surface area contributed by atoms with Gasteiger partial charge in [0, 0.05) is 0 Å². The minimum atomic E-state index is -4.18. The average Bonchev–Trinajstić information content (AvgIpc) is 2.18. The third-order valence-electron chi connectivity index (χ3n) is 2.26. The zero-order chi connectivity index (χ0) is 11.3. The third kappa shape index (κ3) is 3.42. The van der Waals surface area contributed by atoms with Gasteiger partial charge >= 0.3 is 6.18 Å². The van der Waals surface area contributed by atoms with E-state index in [2.05, 4.69) is 6.58 Å². The van der Waals surface area contributed by atoms with Crippen molar-refractivity contribution >= 4 is 0 Å². The smallest absolute Gasteiger partial charge is 0.170 e. The van der Waals surface area contributed by atoms with E-state index in [4.69, 9.17) is 0 Å². The van der Waals surface area contributed by atoms with Crippen LogP contribution in [0.2, 0.25) is 0 Å². The lowest BCUT2D eigenvalue weighted by molar-refractivity contribution is -0.151. The second-order valence-electron chi connectivity index (χ2n) is 3.37. The van der Waals surface area contributed by atoms with Crippen LogP contribution in [0.5, 0.6) is 0 Å². The van der Waals surface area contributed by atoms with Crippen LogP contribution in [0.1, 0.15) is 24.3 Å². The molecule has 3 heteroatoms. The van der Waals surface area contributed by atoms with Crippen molar-refractivity contribution in [1.82, 2.24) is 0 Å². The summed E-state index contributed by atoms with van der Waals surface area (Å²) in [6.45, 7) is 3.44. The molecule has 0 radical (unpaired) electrons. The molecule has 1 rings (SSSR count). The molecule has 1 atom stereocenters. The molecule has 0 aliphatic carbocycles. The van der Waals surface area contributed by atoms with Crippen LogP contribution in [-0.4, -0.2) is 6.18 Å². The van der Waals surface area contributed by atoms with Crippen molar-refractivity contribution in [3.63, 3.8) is 0 Å². The zero-order valence-corrected chi connectivity index (χ0v) is 8.30. The predicted octanol–water partition coefficient (Wildman–Crippen LogP) is 4.30. The highest BCUT2D eigenvalue weighted by Crippen LogP contribution is 2.38. The fraction of sp³-hybridized carbons (Fsp3) is 0.333. The van der Waals surface area contributed by atoms with Gasteiger partial charge in [-0.1, -0.05) is 36.4 Å². The quantitative estimate of drug-likeness (QED) is 0.655. The number of halogens is 3. The molecule has 0 heterocycles. The van der Waals surface area contributed by atoms with E-state index in [0.717, 1.165) is 0 Å². The zero-order valence-electron chi connectivity index (χ0n) is 8.30. The monoisotopic (exact) mass is 214 g/mol. The van der Waals surface area contributed by atoms with Gasteiger partial charge in [0.05, 0.1) is 5.92 Å². The first-order valence-corrected chi connectivity index (χ1v) is 4.78. The number of allylic oxidation sites excluding steroid dienone is 1. The van der Waals surface area contributed by atoms with Crippen molar-refractivity contribution in [3.05, 3.63) is 48.6 Å². The maximum atomic E-state index is 12.7. The third-order valence-corrected chi connectivity index (χ3v) is 2.26. The lowest BCUT2D eigenvalue weighted by atomic mass is 9.94. The summed E-state index contributed by atoms with van der Waals surface area (Å²) < 4.78 is 38.1. The van der Waals surface area contributed by atoms with Crippen molar-refractivity contribution in [3.8, 4) is 0 Å². The van der Waals surface area contributed by atoms with Gasteiger partial charge in [0.2, 0.25) is 0 Å². The number of rotatable bonds is 4.